The third kappa shape index (κ3) is 5.94. The van der Waals surface area contributed by atoms with Gasteiger partial charge in [-0.1, -0.05) is 60.7 Å². The first-order valence-corrected chi connectivity index (χ1v) is 13.2. The second kappa shape index (κ2) is 11.7. The first kappa shape index (κ1) is 26.4. The Morgan fingerprint density at radius 3 is 2.49 bits per heavy atom. The molecule has 1 aliphatic rings. The molecule has 1 aliphatic heterocycles. The van der Waals surface area contributed by atoms with Gasteiger partial charge in [0.15, 0.2) is 0 Å². The van der Waals surface area contributed by atoms with Crippen molar-refractivity contribution in [2.45, 2.75) is 25.3 Å². The van der Waals surface area contributed by atoms with E-state index in [0.717, 1.165) is 0 Å². The molecule has 0 aromatic heterocycles. The molecule has 4 aromatic rings. The highest BCUT2D eigenvalue weighted by Gasteiger charge is 2.35. The molecule has 1 heterocycles. The van der Waals surface area contributed by atoms with Gasteiger partial charge in [-0.3, -0.25) is 0 Å². The van der Waals surface area contributed by atoms with E-state index in [9.17, 15) is 14.0 Å². The van der Waals surface area contributed by atoms with Gasteiger partial charge in [0.2, 0.25) is 0 Å². The fourth-order valence-corrected chi connectivity index (χ4v) is 5.44. The molecule has 0 radical (unpaired) electrons. The van der Waals surface area contributed by atoms with Crippen LogP contribution >= 0.6 is 0 Å². The second-order valence-electron chi connectivity index (χ2n) is 10.0. The van der Waals surface area contributed by atoms with Crippen LogP contribution in [0.25, 0.3) is 10.8 Å². The van der Waals surface area contributed by atoms with Crippen LogP contribution in [0.15, 0.2) is 91.0 Å². The summed E-state index contributed by atoms with van der Waals surface area (Å²) in [7, 11) is 0. The van der Waals surface area contributed by atoms with Crippen molar-refractivity contribution in [3.8, 4) is 5.75 Å². The Bertz CT molecular complexity index is 1470. The number of carbonyl (C=O) groups is 2. The Labute approximate surface area is 227 Å². The summed E-state index contributed by atoms with van der Waals surface area (Å²) in [5.74, 6) is -1.17. The molecule has 1 amide bonds. The molecule has 4 aromatic carbocycles. The highest BCUT2D eigenvalue weighted by molar-refractivity contribution is 5.88. The minimum Gasteiger partial charge on any atom is -0.478 e. The first-order valence-electron chi connectivity index (χ1n) is 13.2. The van der Waals surface area contributed by atoms with Gasteiger partial charge in [-0.25, -0.2) is 14.0 Å². The van der Waals surface area contributed by atoms with Crippen molar-refractivity contribution in [1.29, 1.82) is 0 Å². The van der Waals surface area contributed by atoms with Gasteiger partial charge in [-0.05, 0) is 78.0 Å². The summed E-state index contributed by atoms with van der Waals surface area (Å²) in [6, 6.07) is 27.2. The quantitative estimate of drug-likeness (QED) is 0.283. The summed E-state index contributed by atoms with van der Waals surface area (Å²) in [5.41, 5.74) is 1.91. The number of halogens is 1. The second-order valence-corrected chi connectivity index (χ2v) is 10.0. The molecule has 0 aliphatic carbocycles. The molecule has 0 saturated carbocycles. The van der Waals surface area contributed by atoms with Gasteiger partial charge in [0.05, 0.1) is 5.56 Å². The lowest BCUT2D eigenvalue weighted by molar-refractivity contribution is 0.0697. The van der Waals surface area contributed by atoms with Crippen LogP contribution in [0.2, 0.25) is 0 Å². The molecule has 5 rings (SSSR count). The summed E-state index contributed by atoms with van der Waals surface area (Å²) in [6.45, 7) is 3.61. The number of nitrogens with one attached hydrogen (secondary N) is 1. The largest absolute Gasteiger partial charge is 0.478 e. The number of carboxylic acids is 1. The van der Waals surface area contributed by atoms with E-state index in [1.165, 1.54) is 46.7 Å². The van der Waals surface area contributed by atoms with E-state index in [-0.39, 0.29) is 35.0 Å². The van der Waals surface area contributed by atoms with E-state index in [4.69, 9.17) is 9.84 Å². The number of carbonyl (C=O) groups excluding carboxylic acids is 1. The summed E-state index contributed by atoms with van der Waals surface area (Å²) in [5, 5.41) is 15.2. The summed E-state index contributed by atoms with van der Waals surface area (Å²) >= 11 is 0. The zero-order valence-electron chi connectivity index (χ0n) is 21.7. The van der Waals surface area contributed by atoms with Crippen LogP contribution in [0.5, 0.6) is 5.75 Å². The zero-order valence-corrected chi connectivity index (χ0v) is 21.7. The van der Waals surface area contributed by atoms with Crippen LogP contribution in [0.4, 0.5) is 9.18 Å². The Hall–Kier alpha value is -4.23. The summed E-state index contributed by atoms with van der Waals surface area (Å²) < 4.78 is 20.5. The fourth-order valence-electron chi connectivity index (χ4n) is 5.44. The molecule has 3 atom stereocenters. The number of likely N-dealkylation sites (tertiary alicyclic amines) is 1. The van der Waals surface area contributed by atoms with Crippen LogP contribution in [0, 0.1) is 11.7 Å². The van der Waals surface area contributed by atoms with E-state index >= 15 is 0 Å². The van der Waals surface area contributed by atoms with Crippen molar-refractivity contribution in [3.63, 3.8) is 0 Å². The monoisotopic (exact) mass is 526 g/mol. The average molecular weight is 527 g/mol. The standard InChI is InChI=1S/C32H31FN2O4/c1-21(26-11-6-8-22-7-2-3-9-27(22)26)34-19-24-17-18-35(20-29(24)28-10-4-5-12-30(28)33)32(38)39-25-15-13-23(14-16-25)31(36)37/h2-16,21,24,29,34H,17-20H2,1H3,(H,36,37)/t21-,24?,29?/m1/s1. The molecule has 0 bridgehead atoms. The van der Waals surface area contributed by atoms with Crippen LogP contribution in [-0.2, 0) is 0 Å². The molecule has 200 valence electrons. The number of piperidine rings is 1. The van der Waals surface area contributed by atoms with Gasteiger partial charge < -0.3 is 20.1 Å². The lowest BCUT2D eigenvalue weighted by Gasteiger charge is -2.39. The summed E-state index contributed by atoms with van der Waals surface area (Å²) in [6.07, 6.45) is 0.149. The number of carboxylic acid groups (broad SMARTS) is 1. The molecule has 6 nitrogen and oxygen atoms in total. The molecular formula is C32H31FN2O4. The fraction of sp³-hybridized carbons (Fsp3) is 0.250. The molecule has 0 spiro atoms. The molecule has 2 N–H and O–H groups in total. The lowest BCUT2D eigenvalue weighted by atomic mass is 9.80. The maximum absolute atomic E-state index is 15.0. The highest BCUT2D eigenvalue weighted by Crippen LogP contribution is 2.35. The van der Waals surface area contributed by atoms with E-state index in [0.29, 0.717) is 31.6 Å². The van der Waals surface area contributed by atoms with Crippen molar-refractivity contribution in [3.05, 3.63) is 114 Å². The van der Waals surface area contributed by atoms with E-state index in [1.54, 1.807) is 17.0 Å². The van der Waals surface area contributed by atoms with Crippen molar-refractivity contribution >= 4 is 22.8 Å². The van der Waals surface area contributed by atoms with Crippen molar-refractivity contribution in [2.24, 2.45) is 5.92 Å². The normalized spacial score (nSPS) is 18.1. The Balaban J connectivity index is 1.30. The third-order valence-corrected chi connectivity index (χ3v) is 7.60. The molecule has 7 heteroatoms. The van der Waals surface area contributed by atoms with Gasteiger partial charge in [0, 0.05) is 25.0 Å². The number of aromatic carboxylic acids is 1. The Morgan fingerprint density at radius 1 is 1.00 bits per heavy atom. The number of nitrogens with zero attached hydrogens (tertiary/aromatic N) is 1. The van der Waals surface area contributed by atoms with Crippen LogP contribution in [0.3, 0.4) is 0 Å². The molecule has 2 unspecified atom stereocenters. The van der Waals surface area contributed by atoms with Gasteiger partial charge in [-0.2, -0.15) is 0 Å². The summed E-state index contributed by atoms with van der Waals surface area (Å²) in [4.78, 5) is 25.7. The van der Waals surface area contributed by atoms with Gasteiger partial charge in [0.1, 0.15) is 11.6 Å². The number of fused-ring (bicyclic) bond motifs is 1. The Kier molecular flexibility index (Phi) is 7.89. The topological polar surface area (TPSA) is 78.9 Å². The lowest BCUT2D eigenvalue weighted by Crippen LogP contribution is -2.46. The smallest absolute Gasteiger partial charge is 0.415 e. The van der Waals surface area contributed by atoms with Gasteiger partial charge in [0.25, 0.3) is 0 Å². The molecular weight excluding hydrogens is 495 g/mol. The SMILES string of the molecule is C[C@@H](NCC1CCN(C(=O)Oc2ccc(C(=O)O)cc2)CC1c1ccccc1F)c1cccc2ccccc12. The number of hydrogen-bond donors (Lipinski definition) is 2. The number of amides is 1. The first-order chi connectivity index (χ1) is 18.9. The predicted molar refractivity (Wildman–Crippen MR) is 149 cm³/mol. The van der Waals surface area contributed by atoms with Crippen LogP contribution in [-0.4, -0.2) is 41.7 Å². The maximum atomic E-state index is 15.0. The minimum atomic E-state index is -1.05. The van der Waals surface area contributed by atoms with Gasteiger partial charge >= 0.3 is 12.1 Å². The van der Waals surface area contributed by atoms with Crippen molar-refractivity contribution in [1.82, 2.24) is 10.2 Å². The number of rotatable bonds is 7. The van der Waals surface area contributed by atoms with E-state index in [1.807, 2.05) is 18.2 Å². The predicted octanol–water partition coefficient (Wildman–Crippen LogP) is 6.63. The maximum Gasteiger partial charge on any atom is 0.415 e. The molecule has 1 saturated heterocycles. The van der Waals surface area contributed by atoms with E-state index < -0.39 is 12.1 Å². The van der Waals surface area contributed by atoms with Crippen molar-refractivity contribution in [2.75, 3.05) is 19.6 Å². The zero-order chi connectivity index (χ0) is 27.4. The number of ether oxygens (including phenoxy) is 1. The van der Waals surface area contributed by atoms with Crippen LogP contribution in [0.1, 0.15) is 46.8 Å². The van der Waals surface area contributed by atoms with Gasteiger partial charge in [-0.15, -0.1) is 0 Å². The minimum absolute atomic E-state index is 0.0918. The van der Waals surface area contributed by atoms with Crippen molar-refractivity contribution < 1.29 is 23.8 Å². The molecule has 1 fully saturated rings. The Morgan fingerprint density at radius 2 is 1.72 bits per heavy atom. The number of benzene rings is 4. The van der Waals surface area contributed by atoms with Crippen LogP contribution < -0.4 is 10.1 Å². The third-order valence-electron chi connectivity index (χ3n) is 7.60. The molecule has 39 heavy (non-hydrogen) atoms. The van der Waals surface area contributed by atoms with E-state index in [2.05, 4.69) is 42.6 Å². The highest BCUT2D eigenvalue weighted by atomic mass is 19.1. The number of hydrogen-bond acceptors (Lipinski definition) is 4. The average Bonchev–Trinajstić information content (AvgIpc) is 2.96.